The van der Waals surface area contributed by atoms with E-state index in [-0.39, 0.29) is 23.9 Å². The third-order valence-corrected chi connectivity index (χ3v) is 5.67. The first-order chi connectivity index (χ1) is 13.8. The van der Waals surface area contributed by atoms with Crippen molar-refractivity contribution in [1.82, 2.24) is 14.8 Å². The lowest BCUT2D eigenvalue weighted by Crippen LogP contribution is -2.43. The maximum absolute atomic E-state index is 13.2. The van der Waals surface area contributed by atoms with Crippen LogP contribution in [0.1, 0.15) is 42.5 Å². The van der Waals surface area contributed by atoms with Gasteiger partial charge in [0.2, 0.25) is 11.9 Å². The Hall–Kier alpha value is -3.15. The second-order valence-corrected chi connectivity index (χ2v) is 7.41. The molecule has 0 radical (unpaired) electrons. The van der Waals surface area contributed by atoms with Crippen molar-refractivity contribution in [2.45, 2.75) is 31.3 Å². The molecular formula is C22H22N4O2. The van der Waals surface area contributed by atoms with Crippen LogP contribution in [0, 0.1) is 5.92 Å². The zero-order valence-electron chi connectivity index (χ0n) is 15.7. The lowest BCUT2D eigenvalue weighted by Gasteiger charge is -2.39. The van der Waals surface area contributed by atoms with Crippen molar-refractivity contribution in [1.29, 1.82) is 0 Å². The van der Waals surface area contributed by atoms with Crippen LogP contribution in [0.25, 0.3) is 0 Å². The van der Waals surface area contributed by atoms with E-state index < -0.39 is 0 Å². The molecule has 2 atom stereocenters. The van der Waals surface area contributed by atoms with Crippen LogP contribution in [0.5, 0.6) is 5.75 Å². The number of hydrogen-bond donors (Lipinski definition) is 0. The molecule has 6 heteroatoms. The molecule has 1 fully saturated rings. The van der Waals surface area contributed by atoms with Crippen molar-refractivity contribution in [2.75, 3.05) is 12.0 Å². The predicted molar refractivity (Wildman–Crippen MR) is 105 cm³/mol. The number of benzene rings is 2. The molecule has 2 aliphatic rings. The number of ether oxygens (including phenoxy) is 1. The maximum Gasteiger partial charge on any atom is 0.233 e. The summed E-state index contributed by atoms with van der Waals surface area (Å²) < 4.78 is 7.48. The molecule has 28 heavy (non-hydrogen) atoms. The molecule has 6 nitrogen and oxygen atoms in total. The van der Waals surface area contributed by atoms with Crippen LogP contribution in [0.3, 0.4) is 0 Å². The molecule has 0 saturated heterocycles. The fourth-order valence-corrected chi connectivity index (χ4v) is 4.13. The summed E-state index contributed by atoms with van der Waals surface area (Å²) in [6.45, 7) is 0. The van der Waals surface area contributed by atoms with E-state index in [1.54, 1.807) is 7.11 Å². The minimum atomic E-state index is -0.0825. The van der Waals surface area contributed by atoms with Crippen molar-refractivity contribution >= 4 is 11.9 Å². The van der Waals surface area contributed by atoms with E-state index in [0.29, 0.717) is 5.95 Å². The Bertz CT molecular complexity index is 997. The number of anilines is 1. The fraction of sp³-hybridized carbons (Fsp3) is 0.318. The van der Waals surface area contributed by atoms with Crippen molar-refractivity contribution in [2.24, 2.45) is 5.92 Å². The Morgan fingerprint density at radius 1 is 1.04 bits per heavy atom. The zero-order chi connectivity index (χ0) is 19.1. The van der Waals surface area contributed by atoms with Crippen LogP contribution in [-0.4, -0.2) is 27.8 Å². The van der Waals surface area contributed by atoms with Crippen LogP contribution < -0.4 is 9.64 Å². The number of fused-ring (bicyclic) bond motifs is 1. The van der Waals surface area contributed by atoms with E-state index in [1.165, 1.54) is 6.33 Å². The topological polar surface area (TPSA) is 60.2 Å². The fourth-order valence-electron chi connectivity index (χ4n) is 4.13. The number of rotatable bonds is 4. The van der Waals surface area contributed by atoms with E-state index >= 15 is 0 Å². The number of nitrogens with zero attached hydrogens (tertiary/aromatic N) is 4. The van der Waals surface area contributed by atoms with Crippen LogP contribution in [-0.2, 0) is 4.79 Å². The number of para-hydroxylation sites is 1. The summed E-state index contributed by atoms with van der Waals surface area (Å²) in [6.07, 6.45) is 4.18. The molecule has 1 saturated carbocycles. The number of hydrogen-bond acceptors (Lipinski definition) is 4. The predicted octanol–water partition coefficient (Wildman–Crippen LogP) is 3.76. The van der Waals surface area contributed by atoms with Gasteiger partial charge in [-0.05, 0) is 30.9 Å². The zero-order valence-corrected chi connectivity index (χ0v) is 15.7. The Kier molecular flexibility index (Phi) is 4.11. The summed E-state index contributed by atoms with van der Waals surface area (Å²) in [5.41, 5.74) is 2.17. The Labute approximate surface area is 163 Å². The number of aromatic nitrogens is 3. The molecule has 2 aromatic carbocycles. The van der Waals surface area contributed by atoms with Gasteiger partial charge in [-0.1, -0.05) is 48.5 Å². The molecule has 1 amide bonds. The second-order valence-electron chi connectivity index (χ2n) is 7.41. The van der Waals surface area contributed by atoms with Crippen LogP contribution in [0.15, 0.2) is 60.9 Å². The molecule has 3 aromatic rings. The lowest BCUT2D eigenvalue weighted by molar-refractivity contribution is -0.120. The van der Waals surface area contributed by atoms with Gasteiger partial charge in [-0.3, -0.25) is 9.69 Å². The molecule has 2 heterocycles. The van der Waals surface area contributed by atoms with Crippen molar-refractivity contribution < 1.29 is 9.53 Å². The van der Waals surface area contributed by atoms with Gasteiger partial charge < -0.3 is 4.74 Å². The van der Waals surface area contributed by atoms with Gasteiger partial charge in [0.1, 0.15) is 12.1 Å². The van der Waals surface area contributed by atoms with Gasteiger partial charge in [0, 0.05) is 11.5 Å². The number of methoxy groups -OCH3 is 1. The van der Waals surface area contributed by atoms with Gasteiger partial charge in [-0.2, -0.15) is 10.1 Å². The highest BCUT2D eigenvalue weighted by Crippen LogP contribution is 2.46. The van der Waals surface area contributed by atoms with E-state index in [0.717, 1.165) is 36.1 Å². The first-order valence-electron chi connectivity index (χ1n) is 9.68. The quantitative estimate of drug-likeness (QED) is 0.698. The summed E-state index contributed by atoms with van der Waals surface area (Å²) in [5.74, 6) is 1.70. The third kappa shape index (κ3) is 2.76. The summed E-state index contributed by atoms with van der Waals surface area (Å²) in [7, 11) is 1.68. The lowest BCUT2D eigenvalue weighted by atomic mass is 9.91. The molecule has 1 aliphatic carbocycles. The monoisotopic (exact) mass is 374 g/mol. The third-order valence-electron chi connectivity index (χ3n) is 5.67. The highest BCUT2D eigenvalue weighted by molar-refractivity contribution is 5.96. The minimum Gasteiger partial charge on any atom is -0.496 e. The molecule has 0 N–H and O–H groups in total. The number of carbonyl (C=O) groups excluding carboxylic acids is 1. The molecular weight excluding hydrogens is 352 g/mol. The van der Waals surface area contributed by atoms with Crippen molar-refractivity contribution in [3.8, 4) is 5.75 Å². The van der Waals surface area contributed by atoms with Crippen LogP contribution >= 0.6 is 0 Å². The largest absolute Gasteiger partial charge is 0.496 e. The van der Waals surface area contributed by atoms with E-state index in [2.05, 4.69) is 28.3 Å². The first kappa shape index (κ1) is 17.0. The highest BCUT2D eigenvalue weighted by atomic mass is 16.5. The van der Waals surface area contributed by atoms with Crippen LogP contribution in [0.2, 0.25) is 0 Å². The summed E-state index contributed by atoms with van der Waals surface area (Å²) >= 11 is 0. The van der Waals surface area contributed by atoms with Gasteiger partial charge in [0.15, 0.2) is 0 Å². The van der Waals surface area contributed by atoms with E-state index in [9.17, 15) is 4.79 Å². The molecule has 142 valence electrons. The maximum atomic E-state index is 13.2. The Morgan fingerprint density at radius 3 is 2.54 bits per heavy atom. The average molecular weight is 374 g/mol. The standard InChI is InChI=1S/C22H22N4O2/c1-28-20-10-6-5-9-17(20)19-13-18(15-7-3-2-4-8-15)25(21(27)16-11-12-16)22-23-14-24-26(19)22/h2-10,14,16,18-19H,11-13H2,1H3/t18-,19+/m0/s1. The number of amides is 1. The molecule has 0 unspecified atom stereocenters. The Morgan fingerprint density at radius 2 is 1.79 bits per heavy atom. The summed E-state index contributed by atoms with van der Waals surface area (Å²) in [4.78, 5) is 19.6. The molecule has 0 spiro atoms. The summed E-state index contributed by atoms with van der Waals surface area (Å²) in [6, 6.07) is 18.1. The minimum absolute atomic E-state index is 0.0536. The van der Waals surface area contributed by atoms with E-state index in [4.69, 9.17) is 4.74 Å². The number of carbonyl (C=O) groups is 1. The molecule has 0 bridgehead atoms. The van der Waals surface area contributed by atoms with Crippen molar-refractivity contribution in [3.63, 3.8) is 0 Å². The average Bonchev–Trinajstić information content (AvgIpc) is 3.49. The first-order valence-corrected chi connectivity index (χ1v) is 9.68. The van der Waals surface area contributed by atoms with Gasteiger partial charge in [-0.15, -0.1) is 0 Å². The van der Waals surface area contributed by atoms with Gasteiger partial charge in [0.05, 0.1) is 19.2 Å². The smallest absolute Gasteiger partial charge is 0.233 e. The summed E-state index contributed by atoms with van der Waals surface area (Å²) in [5, 5.41) is 4.49. The molecule has 5 rings (SSSR count). The van der Waals surface area contributed by atoms with Crippen LogP contribution in [0.4, 0.5) is 5.95 Å². The van der Waals surface area contributed by atoms with Crippen molar-refractivity contribution in [3.05, 3.63) is 72.1 Å². The Balaban J connectivity index is 1.65. The molecule has 1 aromatic heterocycles. The molecule has 1 aliphatic heterocycles. The van der Waals surface area contributed by atoms with E-state index in [1.807, 2.05) is 46.0 Å². The van der Waals surface area contributed by atoms with Gasteiger partial charge >= 0.3 is 0 Å². The SMILES string of the molecule is COc1ccccc1[C@H]1C[C@@H](c2ccccc2)N(C(=O)C2CC2)c2ncnn21. The van der Waals surface area contributed by atoms with Gasteiger partial charge in [-0.25, -0.2) is 4.68 Å². The normalized spacial score (nSPS) is 21.2. The van der Waals surface area contributed by atoms with Gasteiger partial charge in [0.25, 0.3) is 0 Å². The highest BCUT2D eigenvalue weighted by Gasteiger charge is 2.44. The second kappa shape index (κ2) is 6.78.